The van der Waals surface area contributed by atoms with Gasteiger partial charge in [-0.25, -0.2) is 9.97 Å². The van der Waals surface area contributed by atoms with Crippen LogP contribution in [0.2, 0.25) is 0 Å². The van der Waals surface area contributed by atoms with Crippen LogP contribution < -0.4 is 5.32 Å². The molecule has 0 aliphatic carbocycles. The number of carbonyl (C=O) groups excluding carboxylic acids is 1. The highest BCUT2D eigenvalue weighted by Crippen LogP contribution is 2.22. The summed E-state index contributed by atoms with van der Waals surface area (Å²) >= 11 is 0. The number of aryl methyl sites for hydroxylation is 2. The molecule has 1 N–H and O–H groups in total. The summed E-state index contributed by atoms with van der Waals surface area (Å²) in [5, 5.41) is 3.33. The molecule has 7 heteroatoms. The number of unbranched alkanes of at least 4 members (excludes halogenated alkanes) is 1. The number of hydrogen-bond acceptors (Lipinski definition) is 7. The number of rotatable bonds is 8. The molecule has 0 radical (unpaired) electrons. The number of fused-ring (bicyclic) bond motifs is 1. The summed E-state index contributed by atoms with van der Waals surface area (Å²) in [6.45, 7) is 7.89. The number of aromatic nitrogens is 3. The van der Waals surface area contributed by atoms with Crippen molar-refractivity contribution < 1.29 is 13.9 Å². The minimum Gasteiger partial charge on any atom is -0.466 e. The van der Waals surface area contributed by atoms with Crippen molar-refractivity contribution in [1.82, 2.24) is 15.0 Å². The third-order valence-electron chi connectivity index (χ3n) is 3.44. The molecule has 2 heterocycles. The first-order valence-electron chi connectivity index (χ1n) is 8.07. The quantitative estimate of drug-likeness (QED) is 0.747. The second kappa shape index (κ2) is 7.89. The summed E-state index contributed by atoms with van der Waals surface area (Å²) in [4.78, 5) is 24.8. The van der Waals surface area contributed by atoms with E-state index in [0.717, 1.165) is 19.3 Å². The van der Waals surface area contributed by atoms with Gasteiger partial charge < -0.3 is 14.5 Å². The Bertz CT molecular complexity index is 669. The van der Waals surface area contributed by atoms with Crippen LogP contribution in [0, 0.1) is 13.8 Å². The summed E-state index contributed by atoms with van der Waals surface area (Å²) in [6, 6.07) is -0.0523. The van der Waals surface area contributed by atoms with Gasteiger partial charge in [0.1, 0.15) is 5.82 Å². The van der Waals surface area contributed by atoms with E-state index in [0.29, 0.717) is 41.8 Å². The van der Waals surface area contributed by atoms with Crippen LogP contribution in [0.5, 0.6) is 0 Å². The first kappa shape index (κ1) is 17.2. The summed E-state index contributed by atoms with van der Waals surface area (Å²) in [5.74, 6) is 1.54. The molecule has 0 aromatic carbocycles. The van der Waals surface area contributed by atoms with E-state index in [1.54, 1.807) is 13.8 Å². The number of nitrogens with zero attached hydrogens (tertiary/aromatic N) is 3. The van der Waals surface area contributed by atoms with Crippen molar-refractivity contribution in [2.75, 3.05) is 11.9 Å². The number of nitrogens with one attached hydrogen (secondary N) is 1. The molecule has 0 spiro atoms. The molecule has 7 nitrogen and oxygen atoms in total. The van der Waals surface area contributed by atoms with Gasteiger partial charge in [-0.05, 0) is 20.3 Å². The van der Waals surface area contributed by atoms with Crippen molar-refractivity contribution in [1.29, 1.82) is 0 Å². The van der Waals surface area contributed by atoms with E-state index in [4.69, 9.17) is 9.15 Å². The Morgan fingerprint density at radius 3 is 2.74 bits per heavy atom. The zero-order valence-corrected chi connectivity index (χ0v) is 14.2. The van der Waals surface area contributed by atoms with E-state index in [-0.39, 0.29) is 12.0 Å². The topological polar surface area (TPSA) is 90.1 Å². The Balaban J connectivity index is 2.22. The number of carbonyl (C=O) groups is 1. The smallest absolute Gasteiger partial charge is 0.307 e. The van der Waals surface area contributed by atoms with Crippen molar-refractivity contribution in [2.45, 2.75) is 59.4 Å². The van der Waals surface area contributed by atoms with E-state index in [9.17, 15) is 4.79 Å². The van der Waals surface area contributed by atoms with E-state index in [1.807, 2.05) is 6.92 Å². The SMILES string of the molecule is CCCCC(CC(=O)OCC)Nc1nc(C)nc2oc(C)nc12. The lowest BCUT2D eigenvalue weighted by molar-refractivity contribution is -0.143. The predicted octanol–water partition coefficient (Wildman–Crippen LogP) is 3.16. The minimum absolute atomic E-state index is 0.0523. The van der Waals surface area contributed by atoms with Crippen LogP contribution in [0.1, 0.15) is 51.2 Å². The first-order chi connectivity index (χ1) is 11.0. The molecule has 2 rings (SSSR count). The van der Waals surface area contributed by atoms with E-state index in [1.165, 1.54) is 0 Å². The van der Waals surface area contributed by atoms with Gasteiger partial charge in [-0.15, -0.1) is 0 Å². The monoisotopic (exact) mass is 320 g/mol. The van der Waals surface area contributed by atoms with E-state index < -0.39 is 0 Å². The van der Waals surface area contributed by atoms with Gasteiger partial charge in [0.2, 0.25) is 0 Å². The summed E-state index contributed by atoms with van der Waals surface area (Å²) in [5.41, 5.74) is 1.06. The molecule has 0 saturated heterocycles. The standard InChI is InChI=1S/C16H24N4O3/c1-5-7-8-12(9-13(21)22-6-2)20-15-14-16(18-10(3)17-15)23-11(4)19-14/h12H,5-9H2,1-4H3,(H,17,18,20). The van der Waals surface area contributed by atoms with Crippen molar-refractivity contribution in [2.24, 2.45) is 0 Å². The summed E-state index contributed by atoms with van der Waals surface area (Å²) in [6.07, 6.45) is 3.23. The van der Waals surface area contributed by atoms with Gasteiger partial charge >= 0.3 is 5.97 Å². The number of hydrogen-bond donors (Lipinski definition) is 1. The van der Waals surface area contributed by atoms with Crippen molar-refractivity contribution in [3.8, 4) is 0 Å². The summed E-state index contributed by atoms with van der Waals surface area (Å²) < 4.78 is 10.5. The number of ether oxygens (including phenoxy) is 1. The Morgan fingerprint density at radius 2 is 2.04 bits per heavy atom. The molecule has 0 bridgehead atoms. The maximum absolute atomic E-state index is 11.8. The molecule has 23 heavy (non-hydrogen) atoms. The van der Waals surface area contributed by atoms with E-state index in [2.05, 4.69) is 27.2 Å². The average Bonchev–Trinajstić information content (AvgIpc) is 2.85. The third-order valence-corrected chi connectivity index (χ3v) is 3.44. The lowest BCUT2D eigenvalue weighted by atomic mass is 10.1. The zero-order valence-electron chi connectivity index (χ0n) is 14.2. The van der Waals surface area contributed by atoms with Gasteiger partial charge in [0, 0.05) is 13.0 Å². The molecule has 2 aromatic rings. The molecule has 0 amide bonds. The molecule has 0 aliphatic rings. The maximum atomic E-state index is 11.8. The molecule has 0 aliphatic heterocycles. The molecule has 2 aromatic heterocycles. The Labute approximate surface area is 135 Å². The Hall–Kier alpha value is -2.18. The van der Waals surface area contributed by atoms with Crippen LogP contribution in [0.25, 0.3) is 11.2 Å². The third kappa shape index (κ3) is 4.64. The highest BCUT2D eigenvalue weighted by Gasteiger charge is 2.19. The average molecular weight is 320 g/mol. The Kier molecular flexibility index (Phi) is 5.90. The lowest BCUT2D eigenvalue weighted by Gasteiger charge is -2.18. The molecular weight excluding hydrogens is 296 g/mol. The highest BCUT2D eigenvalue weighted by atomic mass is 16.5. The fraction of sp³-hybridized carbons (Fsp3) is 0.625. The van der Waals surface area contributed by atoms with Crippen LogP contribution in [0.4, 0.5) is 5.82 Å². The van der Waals surface area contributed by atoms with Crippen molar-refractivity contribution in [3.63, 3.8) is 0 Å². The first-order valence-corrected chi connectivity index (χ1v) is 8.07. The van der Waals surface area contributed by atoms with Crippen LogP contribution in [-0.2, 0) is 9.53 Å². The summed E-state index contributed by atoms with van der Waals surface area (Å²) in [7, 11) is 0. The molecule has 0 fully saturated rings. The number of oxazole rings is 1. The second-order valence-corrected chi connectivity index (χ2v) is 5.50. The largest absolute Gasteiger partial charge is 0.466 e. The predicted molar refractivity (Wildman–Crippen MR) is 87.3 cm³/mol. The van der Waals surface area contributed by atoms with Gasteiger partial charge in [-0.3, -0.25) is 4.79 Å². The fourth-order valence-electron chi connectivity index (χ4n) is 2.42. The molecule has 126 valence electrons. The second-order valence-electron chi connectivity index (χ2n) is 5.50. The number of anilines is 1. The van der Waals surface area contributed by atoms with Crippen LogP contribution in [-0.4, -0.2) is 33.6 Å². The minimum atomic E-state index is -0.209. The van der Waals surface area contributed by atoms with E-state index >= 15 is 0 Å². The Morgan fingerprint density at radius 1 is 1.26 bits per heavy atom. The van der Waals surface area contributed by atoms with Crippen LogP contribution >= 0.6 is 0 Å². The van der Waals surface area contributed by atoms with Crippen molar-refractivity contribution in [3.05, 3.63) is 11.7 Å². The van der Waals surface area contributed by atoms with Crippen molar-refractivity contribution >= 4 is 23.0 Å². The van der Waals surface area contributed by atoms with Crippen LogP contribution in [0.15, 0.2) is 4.42 Å². The van der Waals surface area contributed by atoms with Gasteiger partial charge in [0.25, 0.3) is 5.71 Å². The molecule has 1 atom stereocenters. The maximum Gasteiger partial charge on any atom is 0.307 e. The number of esters is 1. The van der Waals surface area contributed by atoms with Gasteiger partial charge in [0.15, 0.2) is 17.2 Å². The molecule has 1 unspecified atom stereocenters. The highest BCUT2D eigenvalue weighted by molar-refractivity contribution is 5.81. The molecular formula is C16H24N4O3. The molecule has 0 saturated carbocycles. The zero-order chi connectivity index (χ0) is 16.8. The van der Waals surface area contributed by atoms with Gasteiger partial charge in [-0.1, -0.05) is 19.8 Å². The van der Waals surface area contributed by atoms with Gasteiger partial charge in [-0.2, -0.15) is 4.98 Å². The van der Waals surface area contributed by atoms with Gasteiger partial charge in [0.05, 0.1) is 13.0 Å². The normalized spacial score (nSPS) is 12.3. The fourth-order valence-corrected chi connectivity index (χ4v) is 2.42. The van der Waals surface area contributed by atoms with Crippen LogP contribution in [0.3, 0.4) is 0 Å². The lowest BCUT2D eigenvalue weighted by Crippen LogP contribution is -2.25.